The van der Waals surface area contributed by atoms with Gasteiger partial charge in [-0.2, -0.15) is 0 Å². The molecular formula is C11H19N. The topological polar surface area (TPSA) is 12.0 Å². The van der Waals surface area contributed by atoms with Crippen molar-refractivity contribution in [1.29, 1.82) is 0 Å². The monoisotopic (exact) mass is 165 g/mol. The number of rotatable bonds is 2. The van der Waals surface area contributed by atoms with Crippen LogP contribution in [0.25, 0.3) is 0 Å². The van der Waals surface area contributed by atoms with Gasteiger partial charge in [0.15, 0.2) is 0 Å². The summed E-state index contributed by atoms with van der Waals surface area (Å²) in [6.45, 7) is 1.33. The lowest BCUT2D eigenvalue weighted by atomic mass is 9.72. The molecule has 4 aliphatic rings. The second-order valence-corrected chi connectivity index (χ2v) is 5.13. The zero-order chi connectivity index (χ0) is 7.97. The Labute approximate surface area is 74.9 Å². The van der Waals surface area contributed by atoms with Crippen LogP contribution in [0.3, 0.4) is 0 Å². The molecule has 4 rings (SSSR count). The molecule has 2 saturated carbocycles. The molecule has 0 amide bonds. The van der Waals surface area contributed by atoms with Crippen LogP contribution in [0.4, 0.5) is 0 Å². The minimum atomic E-state index is 0.913. The molecule has 3 atom stereocenters. The quantitative estimate of drug-likeness (QED) is 0.661. The summed E-state index contributed by atoms with van der Waals surface area (Å²) in [5.74, 6) is 3.24. The Morgan fingerprint density at radius 1 is 1.08 bits per heavy atom. The zero-order valence-corrected chi connectivity index (χ0v) is 7.76. The van der Waals surface area contributed by atoms with Crippen molar-refractivity contribution >= 4 is 0 Å². The van der Waals surface area contributed by atoms with E-state index in [9.17, 15) is 0 Å². The first-order valence-electron chi connectivity index (χ1n) is 5.65. The largest absolute Gasteiger partial charge is 0.313 e. The molecule has 1 heteroatoms. The first kappa shape index (κ1) is 7.37. The van der Waals surface area contributed by atoms with E-state index in [0.29, 0.717) is 0 Å². The molecule has 2 aliphatic heterocycles. The molecule has 1 N–H and O–H groups in total. The van der Waals surface area contributed by atoms with Crippen molar-refractivity contribution in [3.63, 3.8) is 0 Å². The number of hydrogen-bond acceptors (Lipinski definition) is 1. The van der Waals surface area contributed by atoms with E-state index in [-0.39, 0.29) is 0 Å². The molecule has 2 bridgehead atoms. The van der Waals surface area contributed by atoms with Crippen LogP contribution in [0.15, 0.2) is 0 Å². The summed E-state index contributed by atoms with van der Waals surface area (Å²) in [6, 6.07) is 0.913. The predicted octanol–water partition coefficient (Wildman–Crippen LogP) is 2.17. The van der Waals surface area contributed by atoms with Crippen LogP contribution < -0.4 is 5.32 Å². The first-order chi connectivity index (χ1) is 5.92. The number of hydrogen-bond donors (Lipinski definition) is 1. The number of piperidine rings is 2. The van der Waals surface area contributed by atoms with Crippen LogP contribution in [0.2, 0.25) is 0 Å². The van der Waals surface area contributed by atoms with E-state index in [1.54, 1.807) is 12.8 Å². The minimum absolute atomic E-state index is 0.913. The molecule has 4 fully saturated rings. The Balaban J connectivity index is 1.62. The van der Waals surface area contributed by atoms with Crippen molar-refractivity contribution in [2.24, 2.45) is 17.8 Å². The second kappa shape index (κ2) is 2.73. The molecule has 68 valence electrons. The Kier molecular flexibility index (Phi) is 1.68. The lowest BCUT2D eigenvalue weighted by Crippen LogP contribution is -2.50. The van der Waals surface area contributed by atoms with Gasteiger partial charge in [-0.05, 0) is 50.0 Å². The highest BCUT2D eigenvalue weighted by atomic mass is 15.0. The fraction of sp³-hybridized carbons (Fsp3) is 1.00. The van der Waals surface area contributed by atoms with Crippen LogP contribution in [0.5, 0.6) is 0 Å². The summed E-state index contributed by atoms with van der Waals surface area (Å²) in [6.07, 6.45) is 9.16. The van der Waals surface area contributed by atoms with Gasteiger partial charge in [0.1, 0.15) is 0 Å². The van der Waals surface area contributed by atoms with E-state index in [2.05, 4.69) is 5.32 Å². The van der Waals surface area contributed by atoms with Gasteiger partial charge >= 0.3 is 0 Å². The summed E-state index contributed by atoms with van der Waals surface area (Å²) >= 11 is 0. The van der Waals surface area contributed by atoms with Crippen molar-refractivity contribution in [2.45, 2.75) is 44.6 Å². The smallest absolute Gasteiger partial charge is 0.00957 e. The van der Waals surface area contributed by atoms with Gasteiger partial charge in [-0.15, -0.1) is 0 Å². The second-order valence-electron chi connectivity index (χ2n) is 5.13. The predicted molar refractivity (Wildman–Crippen MR) is 50.0 cm³/mol. The first-order valence-corrected chi connectivity index (χ1v) is 5.65. The molecule has 2 heterocycles. The van der Waals surface area contributed by atoms with Crippen molar-refractivity contribution in [2.75, 3.05) is 6.54 Å². The van der Waals surface area contributed by atoms with E-state index in [1.165, 1.54) is 32.2 Å². The molecule has 0 aromatic carbocycles. The Morgan fingerprint density at radius 3 is 2.50 bits per heavy atom. The molecule has 0 aromatic heterocycles. The summed E-state index contributed by atoms with van der Waals surface area (Å²) in [7, 11) is 0. The zero-order valence-electron chi connectivity index (χ0n) is 7.76. The van der Waals surface area contributed by atoms with Gasteiger partial charge < -0.3 is 5.32 Å². The normalized spacial score (nSPS) is 46.5. The highest BCUT2D eigenvalue weighted by Crippen LogP contribution is 2.43. The van der Waals surface area contributed by atoms with Gasteiger partial charge in [-0.25, -0.2) is 0 Å². The molecule has 12 heavy (non-hydrogen) atoms. The summed E-state index contributed by atoms with van der Waals surface area (Å²) < 4.78 is 0. The van der Waals surface area contributed by atoms with Crippen LogP contribution in [0.1, 0.15) is 38.5 Å². The maximum atomic E-state index is 3.70. The van der Waals surface area contributed by atoms with Crippen LogP contribution >= 0.6 is 0 Å². The van der Waals surface area contributed by atoms with Gasteiger partial charge in [-0.1, -0.05) is 12.8 Å². The molecule has 0 radical (unpaired) electrons. The van der Waals surface area contributed by atoms with Gasteiger partial charge in [-0.3, -0.25) is 0 Å². The Morgan fingerprint density at radius 2 is 2.00 bits per heavy atom. The third kappa shape index (κ3) is 1.28. The van der Waals surface area contributed by atoms with E-state index in [0.717, 1.165) is 23.8 Å². The SMILES string of the molecule is C1CC1C[C@@H]1C[C@H]2CC[C@@H]1NC2. The summed E-state index contributed by atoms with van der Waals surface area (Å²) in [4.78, 5) is 0. The van der Waals surface area contributed by atoms with Crippen LogP contribution in [-0.2, 0) is 0 Å². The number of nitrogens with one attached hydrogen (secondary N) is 1. The molecule has 0 aromatic rings. The van der Waals surface area contributed by atoms with Gasteiger partial charge in [0.05, 0.1) is 0 Å². The summed E-state index contributed by atoms with van der Waals surface area (Å²) in [5.41, 5.74) is 0. The highest BCUT2D eigenvalue weighted by molar-refractivity contribution is 4.93. The molecule has 2 aliphatic carbocycles. The van der Waals surface area contributed by atoms with Crippen molar-refractivity contribution < 1.29 is 0 Å². The maximum absolute atomic E-state index is 3.70. The summed E-state index contributed by atoms with van der Waals surface area (Å²) in [5, 5.41) is 3.70. The average Bonchev–Trinajstić information content (AvgIpc) is 2.90. The molecule has 1 nitrogen and oxygen atoms in total. The standard InChI is InChI=1S/C11H19N/c1-2-8(1)5-10-6-9-3-4-11(10)12-7-9/h8-12H,1-7H2/t9-,10-,11+/m1/s1. The van der Waals surface area contributed by atoms with Crippen molar-refractivity contribution in [3.8, 4) is 0 Å². The molecular weight excluding hydrogens is 146 g/mol. The van der Waals surface area contributed by atoms with Crippen LogP contribution in [-0.4, -0.2) is 12.6 Å². The van der Waals surface area contributed by atoms with E-state index in [4.69, 9.17) is 0 Å². The minimum Gasteiger partial charge on any atom is -0.313 e. The van der Waals surface area contributed by atoms with Crippen molar-refractivity contribution in [3.05, 3.63) is 0 Å². The lowest BCUT2D eigenvalue weighted by Gasteiger charge is -2.43. The fourth-order valence-corrected chi connectivity index (χ4v) is 3.18. The van der Waals surface area contributed by atoms with Crippen LogP contribution in [0, 0.1) is 17.8 Å². The Bertz CT molecular complexity index is 164. The molecule has 2 saturated heterocycles. The van der Waals surface area contributed by atoms with E-state index in [1.807, 2.05) is 0 Å². The van der Waals surface area contributed by atoms with Crippen molar-refractivity contribution in [1.82, 2.24) is 5.32 Å². The van der Waals surface area contributed by atoms with Gasteiger partial charge in [0, 0.05) is 6.04 Å². The highest BCUT2D eigenvalue weighted by Gasteiger charge is 2.37. The average molecular weight is 165 g/mol. The third-order valence-corrected chi connectivity index (χ3v) is 4.09. The van der Waals surface area contributed by atoms with Gasteiger partial charge in [0.25, 0.3) is 0 Å². The number of fused-ring (bicyclic) bond motifs is 3. The van der Waals surface area contributed by atoms with E-state index < -0.39 is 0 Å². The molecule has 0 unspecified atom stereocenters. The third-order valence-electron chi connectivity index (χ3n) is 4.09. The molecule has 0 spiro atoms. The fourth-order valence-electron chi connectivity index (χ4n) is 3.18. The maximum Gasteiger partial charge on any atom is 0.00957 e. The van der Waals surface area contributed by atoms with E-state index >= 15 is 0 Å². The Hall–Kier alpha value is -0.0400. The lowest BCUT2D eigenvalue weighted by molar-refractivity contribution is 0.127. The van der Waals surface area contributed by atoms with Gasteiger partial charge in [0.2, 0.25) is 0 Å².